The smallest absolute Gasteiger partial charge is 0.187 e. The van der Waals surface area contributed by atoms with Gasteiger partial charge in [-0.1, -0.05) is 6.08 Å². The van der Waals surface area contributed by atoms with Crippen LogP contribution >= 0.6 is 0 Å². The molecule has 11 heteroatoms. The molecule has 3 aliphatic rings. The molecule has 32 heavy (non-hydrogen) atoms. The van der Waals surface area contributed by atoms with E-state index in [1.807, 2.05) is 6.08 Å². The number of allylic oxidation sites excluding steroid dienone is 1. The van der Waals surface area contributed by atoms with E-state index in [0.717, 1.165) is 18.4 Å². The van der Waals surface area contributed by atoms with Gasteiger partial charge >= 0.3 is 0 Å². The summed E-state index contributed by atoms with van der Waals surface area (Å²) in [6.45, 7) is 2.35. The fourth-order valence-electron chi connectivity index (χ4n) is 4.17. The minimum Gasteiger partial charge on any atom is -0.393 e. The zero-order valence-corrected chi connectivity index (χ0v) is 18.4. The summed E-state index contributed by atoms with van der Waals surface area (Å²) in [5.41, 5.74) is -1.63. The number of rotatable bonds is 8. The SMILES string of the molecule is CC(C)(O)[C@H]1CC=C(CO[C@@H]2O[C@H](CO[C@@H]3OC[C@](O)(CO)[C@H]3O)[C@@H](O)[C@H](O)[C@H]2O)CC1. The van der Waals surface area contributed by atoms with Gasteiger partial charge in [-0.25, -0.2) is 0 Å². The van der Waals surface area contributed by atoms with E-state index in [1.54, 1.807) is 13.8 Å². The van der Waals surface area contributed by atoms with Gasteiger partial charge in [-0.3, -0.25) is 0 Å². The number of ether oxygens (including phenoxy) is 4. The van der Waals surface area contributed by atoms with Crippen molar-refractivity contribution in [2.75, 3.05) is 26.4 Å². The highest BCUT2D eigenvalue weighted by Crippen LogP contribution is 2.32. The quantitative estimate of drug-likeness (QED) is 0.193. The van der Waals surface area contributed by atoms with E-state index >= 15 is 0 Å². The number of aliphatic hydroxyl groups excluding tert-OH is 5. The summed E-state index contributed by atoms with van der Waals surface area (Å²) in [6, 6.07) is 0. The Kier molecular flexibility index (Phi) is 8.33. The monoisotopic (exact) mass is 464 g/mol. The Bertz CT molecular complexity index is 650. The maximum absolute atomic E-state index is 10.2. The molecule has 0 unspecified atom stereocenters. The van der Waals surface area contributed by atoms with E-state index in [9.17, 15) is 35.7 Å². The molecule has 0 aromatic rings. The number of hydrogen-bond donors (Lipinski definition) is 7. The molecular formula is C21H36O11. The van der Waals surface area contributed by atoms with E-state index in [0.29, 0.717) is 6.42 Å². The van der Waals surface area contributed by atoms with Gasteiger partial charge in [-0.2, -0.15) is 0 Å². The predicted molar refractivity (Wildman–Crippen MR) is 108 cm³/mol. The lowest BCUT2D eigenvalue weighted by molar-refractivity contribution is -0.308. The Hall–Kier alpha value is -0.700. The van der Waals surface area contributed by atoms with Gasteiger partial charge in [-0.15, -0.1) is 0 Å². The molecule has 186 valence electrons. The van der Waals surface area contributed by atoms with Crippen LogP contribution < -0.4 is 0 Å². The van der Waals surface area contributed by atoms with Crippen molar-refractivity contribution in [2.24, 2.45) is 5.92 Å². The van der Waals surface area contributed by atoms with E-state index < -0.39 is 60.9 Å². The summed E-state index contributed by atoms with van der Waals surface area (Å²) in [5, 5.41) is 70.1. The van der Waals surface area contributed by atoms with Crippen molar-refractivity contribution in [3.8, 4) is 0 Å². The summed E-state index contributed by atoms with van der Waals surface area (Å²) in [4.78, 5) is 0. The average Bonchev–Trinajstić information content (AvgIpc) is 3.05. The third-order valence-electron chi connectivity index (χ3n) is 6.61. The molecule has 0 bridgehead atoms. The Balaban J connectivity index is 1.52. The lowest BCUT2D eigenvalue weighted by Crippen LogP contribution is -2.59. The van der Waals surface area contributed by atoms with Gasteiger partial charge in [0.2, 0.25) is 0 Å². The van der Waals surface area contributed by atoms with Crippen LogP contribution in [0.2, 0.25) is 0 Å². The van der Waals surface area contributed by atoms with E-state index in [-0.39, 0.29) is 25.7 Å². The molecule has 0 aromatic heterocycles. The maximum Gasteiger partial charge on any atom is 0.187 e. The van der Waals surface area contributed by atoms with Crippen molar-refractivity contribution < 1.29 is 54.7 Å². The third-order valence-corrected chi connectivity index (χ3v) is 6.61. The van der Waals surface area contributed by atoms with E-state index in [2.05, 4.69) is 0 Å². The van der Waals surface area contributed by atoms with Crippen LogP contribution in [0.3, 0.4) is 0 Å². The molecule has 0 radical (unpaired) electrons. The molecule has 1 aliphatic carbocycles. The van der Waals surface area contributed by atoms with Crippen molar-refractivity contribution >= 4 is 0 Å². The van der Waals surface area contributed by atoms with Crippen molar-refractivity contribution in [3.05, 3.63) is 11.6 Å². The normalized spacial score (nSPS) is 43.3. The zero-order valence-electron chi connectivity index (χ0n) is 18.4. The lowest BCUT2D eigenvalue weighted by atomic mass is 9.80. The van der Waals surface area contributed by atoms with Crippen molar-refractivity contribution in [1.29, 1.82) is 0 Å². The third kappa shape index (κ3) is 5.68. The highest BCUT2D eigenvalue weighted by molar-refractivity contribution is 5.09. The highest BCUT2D eigenvalue weighted by Gasteiger charge is 2.50. The van der Waals surface area contributed by atoms with Crippen LogP contribution in [-0.4, -0.2) is 116 Å². The summed E-state index contributed by atoms with van der Waals surface area (Å²) in [7, 11) is 0. The first-order valence-electron chi connectivity index (χ1n) is 10.9. The van der Waals surface area contributed by atoms with Gasteiger partial charge in [0, 0.05) is 0 Å². The van der Waals surface area contributed by atoms with Crippen LogP contribution in [0.1, 0.15) is 33.1 Å². The minimum absolute atomic E-state index is 0.151. The summed E-state index contributed by atoms with van der Waals surface area (Å²) in [6.07, 6.45) is -5.39. The standard InChI is InChI=1S/C21H36O11/c1-20(2,27)12-5-3-11(4-6-12)7-29-18-16(25)15(24)14(23)13(32-18)8-30-19-17(26)21(28,9-22)10-31-19/h3,12-19,22-28H,4-10H2,1-2H3/t12-,13+,14+,15-,16+,17-,18+,19+,21+/m0/s1. The Morgan fingerprint density at radius 3 is 2.38 bits per heavy atom. The van der Waals surface area contributed by atoms with Gasteiger partial charge in [0.1, 0.15) is 36.1 Å². The second-order valence-electron chi connectivity index (χ2n) is 9.53. The topological polar surface area (TPSA) is 179 Å². The maximum atomic E-state index is 10.2. The van der Waals surface area contributed by atoms with Crippen molar-refractivity contribution in [1.82, 2.24) is 0 Å². The second-order valence-corrected chi connectivity index (χ2v) is 9.53. The largest absolute Gasteiger partial charge is 0.393 e. The van der Waals surface area contributed by atoms with Crippen LogP contribution in [0.4, 0.5) is 0 Å². The molecule has 3 rings (SSSR count). The number of hydrogen-bond acceptors (Lipinski definition) is 11. The molecule has 0 amide bonds. The second kappa shape index (κ2) is 10.3. The summed E-state index contributed by atoms with van der Waals surface area (Å²) >= 11 is 0. The van der Waals surface area contributed by atoms with Crippen LogP contribution in [0.15, 0.2) is 11.6 Å². The van der Waals surface area contributed by atoms with Crippen LogP contribution in [0, 0.1) is 5.92 Å². The van der Waals surface area contributed by atoms with Gasteiger partial charge in [0.25, 0.3) is 0 Å². The van der Waals surface area contributed by atoms with Crippen LogP contribution in [-0.2, 0) is 18.9 Å². The highest BCUT2D eigenvalue weighted by atomic mass is 16.7. The molecule has 0 saturated carbocycles. The van der Waals surface area contributed by atoms with E-state index in [4.69, 9.17) is 18.9 Å². The van der Waals surface area contributed by atoms with Gasteiger partial charge < -0.3 is 54.7 Å². The molecule has 0 spiro atoms. The van der Waals surface area contributed by atoms with E-state index in [1.165, 1.54) is 0 Å². The lowest BCUT2D eigenvalue weighted by Gasteiger charge is -2.40. The zero-order chi connectivity index (χ0) is 23.7. The minimum atomic E-state index is -1.85. The van der Waals surface area contributed by atoms with Gasteiger partial charge in [0.15, 0.2) is 12.6 Å². The van der Waals surface area contributed by atoms with Gasteiger partial charge in [-0.05, 0) is 44.6 Å². The fourth-order valence-corrected chi connectivity index (χ4v) is 4.17. The first kappa shape index (κ1) is 25.9. The first-order chi connectivity index (χ1) is 15.0. The Morgan fingerprint density at radius 2 is 1.81 bits per heavy atom. The first-order valence-corrected chi connectivity index (χ1v) is 10.9. The molecule has 2 aliphatic heterocycles. The molecule has 11 nitrogen and oxygen atoms in total. The molecule has 2 fully saturated rings. The summed E-state index contributed by atoms with van der Waals surface area (Å²) < 4.78 is 21.8. The molecular weight excluding hydrogens is 428 g/mol. The van der Waals surface area contributed by atoms with Crippen LogP contribution in [0.25, 0.3) is 0 Å². The van der Waals surface area contributed by atoms with Crippen molar-refractivity contribution in [3.63, 3.8) is 0 Å². The van der Waals surface area contributed by atoms with Gasteiger partial charge in [0.05, 0.1) is 32.0 Å². The van der Waals surface area contributed by atoms with Crippen molar-refractivity contribution in [2.45, 2.75) is 87.4 Å². The number of aliphatic hydroxyl groups is 7. The molecule has 2 heterocycles. The summed E-state index contributed by atoms with van der Waals surface area (Å²) in [5.74, 6) is 0.151. The Labute approximate surface area is 186 Å². The molecule has 2 saturated heterocycles. The van der Waals surface area contributed by atoms with Crippen LogP contribution in [0.5, 0.6) is 0 Å². The molecule has 0 aromatic carbocycles. The Morgan fingerprint density at radius 1 is 1.09 bits per heavy atom. The predicted octanol–water partition coefficient (Wildman–Crippen LogP) is -2.23. The molecule has 7 N–H and O–H groups in total. The molecule has 9 atom stereocenters. The fraction of sp³-hybridized carbons (Fsp3) is 0.905. The average molecular weight is 465 g/mol.